The second-order valence-electron chi connectivity index (χ2n) is 7.49. The highest BCUT2D eigenvalue weighted by Crippen LogP contribution is 2.51. The molecule has 0 saturated carbocycles. The maximum absolute atomic E-state index is 12.7. The van der Waals surface area contributed by atoms with Crippen LogP contribution in [0.15, 0.2) is 52.3 Å². The number of halogens is 1. The molecule has 0 bridgehead atoms. The number of ether oxygens (including phenoxy) is 2. The molecule has 9 heteroatoms. The van der Waals surface area contributed by atoms with Gasteiger partial charge in [0.05, 0.1) is 18.5 Å². The number of fused-ring (bicyclic) bond motifs is 4. The van der Waals surface area contributed by atoms with E-state index in [4.69, 9.17) is 20.2 Å². The van der Waals surface area contributed by atoms with Crippen molar-refractivity contribution in [1.82, 2.24) is 15.0 Å². The Morgan fingerprint density at radius 3 is 2.81 bits per heavy atom. The molecule has 5 rings (SSSR count). The van der Waals surface area contributed by atoms with Crippen LogP contribution in [0.5, 0.6) is 11.6 Å². The molecule has 31 heavy (non-hydrogen) atoms. The molecule has 156 valence electrons. The van der Waals surface area contributed by atoms with Gasteiger partial charge in [-0.3, -0.25) is 9.78 Å². The number of aliphatic imine (C=N–C) groups is 1. The van der Waals surface area contributed by atoms with Crippen LogP contribution in [0.4, 0.5) is 0 Å². The molecule has 2 aliphatic heterocycles. The zero-order valence-corrected chi connectivity index (χ0v) is 18.2. The van der Waals surface area contributed by atoms with Crippen molar-refractivity contribution in [3.8, 4) is 11.6 Å². The summed E-state index contributed by atoms with van der Waals surface area (Å²) in [6.45, 7) is 2.23. The van der Waals surface area contributed by atoms with Crippen LogP contribution in [-0.2, 0) is 16.7 Å². The summed E-state index contributed by atoms with van der Waals surface area (Å²) in [6, 6.07) is 7.70. The average molecular weight is 480 g/mol. The average Bonchev–Trinajstić information content (AvgIpc) is 2.75. The molecule has 1 atom stereocenters. The van der Waals surface area contributed by atoms with Crippen molar-refractivity contribution >= 4 is 27.7 Å². The van der Waals surface area contributed by atoms with E-state index in [1.54, 1.807) is 12.4 Å². The first kappa shape index (κ1) is 19.6. The third-order valence-electron chi connectivity index (χ3n) is 5.41. The van der Waals surface area contributed by atoms with Gasteiger partial charge in [0, 0.05) is 40.8 Å². The molecule has 0 aliphatic carbocycles. The van der Waals surface area contributed by atoms with Gasteiger partial charge in [-0.1, -0.05) is 6.07 Å². The minimum atomic E-state index is -0.801. The summed E-state index contributed by atoms with van der Waals surface area (Å²) in [5.74, 6) is 0.998. The first-order chi connectivity index (χ1) is 14.9. The van der Waals surface area contributed by atoms with Crippen molar-refractivity contribution in [2.45, 2.75) is 25.3 Å². The number of pyridine rings is 1. The van der Waals surface area contributed by atoms with Gasteiger partial charge in [-0.25, -0.2) is 15.0 Å². The van der Waals surface area contributed by atoms with Gasteiger partial charge >= 0.3 is 0 Å². The van der Waals surface area contributed by atoms with E-state index in [1.807, 2.05) is 31.2 Å². The minimum absolute atomic E-state index is 0.112. The van der Waals surface area contributed by atoms with E-state index in [0.717, 1.165) is 26.9 Å². The van der Waals surface area contributed by atoms with Crippen molar-refractivity contribution in [1.29, 1.82) is 0 Å². The molecule has 0 radical (unpaired) electrons. The molecule has 1 spiro atoms. The molecule has 4 heterocycles. The number of Topliss-reactive ketones (excluding diaryl/α,β-unsaturated/α-hetero) is 1. The lowest BCUT2D eigenvalue weighted by Crippen LogP contribution is -2.38. The third kappa shape index (κ3) is 3.44. The number of amidine groups is 1. The molecule has 8 nitrogen and oxygen atoms in total. The van der Waals surface area contributed by atoms with Gasteiger partial charge in [-0.15, -0.1) is 0 Å². The molecule has 2 aromatic heterocycles. The molecule has 2 aliphatic rings. The van der Waals surface area contributed by atoms with Crippen LogP contribution in [-0.4, -0.2) is 33.4 Å². The van der Waals surface area contributed by atoms with Crippen LogP contribution in [0.3, 0.4) is 0 Å². The zero-order chi connectivity index (χ0) is 21.6. The van der Waals surface area contributed by atoms with Crippen LogP contribution in [0.2, 0.25) is 0 Å². The van der Waals surface area contributed by atoms with Crippen LogP contribution in [0, 0.1) is 6.92 Å². The Hall–Kier alpha value is -3.33. The Bertz CT molecular complexity index is 1230. The number of aromatic nitrogens is 3. The highest BCUT2D eigenvalue weighted by Gasteiger charge is 2.45. The predicted octanol–water partition coefficient (Wildman–Crippen LogP) is 3.45. The van der Waals surface area contributed by atoms with Crippen molar-refractivity contribution in [3.05, 3.63) is 75.4 Å². The molecule has 0 fully saturated rings. The van der Waals surface area contributed by atoms with E-state index in [2.05, 4.69) is 30.9 Å². The second-order valence-corrected chi connectivity index (χ2v) is 8.41. The Balaban J connectivity index is 1.58. The molecule has 2 N–H and O–H groups in total. The lowest BCUT2D eigenvalue weighted by molar-refractivity contribution is 0.0987. The van der Waals surface area contributed by atoms with E-state index in [1.165, 1.54) is 6.20 Å². The summed E-state index contributed by atoms with van der Waals surface area (Å²) in [5, 5.41) is 0. The van der Waals surface area contributed by atoms with Crippen molar-refractivity contribution in [2.75, 3.05) is 6.61 Å². The fraction of sp³-hybridized carbons (Fsp3) is 0.227. The zero-order valence-electron chi connectivity index (χ0n) is 16.6. The number of carbonyl (C=O) groups excluding carboxylic acids is 1. The van der Waals surface area contributed by atoms with Gasteiger partial charge < -0.3 is 15.2 Å². The Morgan fingerprint density at radius 1 is 1.16 bits per heavy atom. The monoisotopic (exact) mass is 479 g/mol. The van der Waals surface area contributed by atoms with E-state index in [0.29, 0.717) is 30.4 Å². The number of hydrogen-bond acceptors (Lipinski definition) is 8. The van der Waals surface area contributed by atoms with E-state index >= 15 is 0 Å². The van der Waals surface area contributed by atoms with Crippen LogP contribution in [0.1, 0.15) is 39.3 Å². The highest BCUT2D eigenvalue weighted by atomic mass is 79.9. The minimum Gasteiger partial charge on any atom is -0.465 e. The molecular formula is C22H18BrN5O3. The molecular weight excluding hydrogens is 462 g/mol. The summed E-state index contributed by atoms with van der Waals surface area (Å²) in [5.41, 5.74) is 8.73. The number of ketones is 1. The number of aryl methyl sites for hydroxylation is 1. The smallest absolute Gasteiger partial charge is 0.283 e. The van der Waals surface area contributed by atoms with Crippen molar-refractivity contribution in [2.24, 2.45) is 10.7 Å². The van der Waals surface area contributed by atoms with Crippen LogP contribution >= 0.6 is 15.9 Å². The summed E-state index contributed by atoms with van der Waals surface area (Å²) >= 11 is 3.49. The number of rotatable bonds is 3. The van der Waals surface area contributed by atoms with Crippen LogP contribution in [0.25, 0.3) is 0 Å². The number of hydrogen-bond donors (Lipinski definition) is 1. The lowest BCUT2D eigenvalue weighted by Gasteiger charge is -2.38. The van der Waals surface area contributed by atoms with Crippen molar-refractivity contribution in [3.63, 3.8) is 0 Å². The summed E-state index contributed by atoms with van der Waals surface area (Å²) < 4.78 is 12.3. The first-order valence-corrected chi connectivity index (χ1v) is 10.5. The molecule has 0 unspecified atom stereocenters. The molecule has 1 aromatic carbocycles. The topological polar surface area (TPSA) is 113 Å². The van der Waals surface area contributed by atoms with E-state index in [9.17, 15) is 4.79 Å². The van der Waals surface area contributed by atoms with E-state index < -0.39 is 5.54 Å². The number of nitrogens with zero attached hydrogens (tertiary/aromatic N) is 4. The lowest BCUT2D eigenvalue weighted by atomic mass is 9.78. The van der Waals surface area contributed by atoms with Crippen LogP contribution < -0.4 is 10.5 Å². The Kier molecular flexibility index (Phi) is 4.70. The largest absolute Gasteiger partial charge is 0.465 e. The van der Waals surface area contributed by atoms with Gasteiger partial charge in [0.25, 0.3) is 6.02 Å². The number of carbonyl (C=O) groups is 1. The maximum atomic E-state index is 12.7. The fourth-order valence-electron chi connectivity index (χ4n) is 3.93. The SMILES string of the molecule is Cc1cnc(C(=O)Cc2ccc3c(c2)[C@@]2(CCOC(N)=N2)c2cc(Br)cnc2O3)cn1. The molecule has 3 aromatic rings. The maximum Gasteiger partial charge on any atom is 0.283 e. The highest BCUT2D eigenvalue weighted by molar-refractivity contribution is 9.10. The standard InChI is InChI=1S/C22H18BrN5O3/c1-12-9-26-17(11-25-12)18(29)7-13-2-3-19-15(6-13)22(4-5-30-21(24)28-22)16-8-14(23)10-27-20(16)31-19/h2-3,6,8-11H,4-5,7H2,1H3,(H2,24,28)/t22-/m0/s1. The molecule has 0 amide bonds. The van der Waals surface area contributed by atoms with Gasteiger partial charge in [0.2, 0.25) is 5.88 Å². The fourth-order valence-corrected chi connectivity index (χ4v) is 4.27. The summed E-state index contributed by atoms with van der Waals surface area (Å²) in [4.78, 5) is 30.2. The third-order valence-corrected chi connectivity index (χ3v) is 5.84. The Morgan fingerprint density at radius 2 is 2.03 bits per heavy atom. The van der Waals surface area contributed by atoms with Gasteiger partial charge in [-0.2, -0.15) is 0 Å². The predicted molar refractivity (Wildman–Crippen MR) is 116 cm³/mol. The van der Waals surface area contributed by atoms with E-state index in [-0.39, 0.29) is 18.2 Å². The number of benzene rings is 1. The summed E-state index contributed by atoms with van der Waals surface area (Å²) in [7, 11) is 0. The van der Waals surface area contributed by atoms with Gasteiger partial charge in [0.15, 0.2) is 5.78 Å². The second kappa shape index (κ2) is 7.42. The quantitative estimate of drug-likeness (QED) is 0.572. The van der Waals surface area contributed by atoms with Gasteiger partial charge in [-0.05, 0) is 46.6 Å². The number of nitrogens with two attached hydrogens (primary N) is 1. The first-order valence-electron chi connectivity index (χ1n) is 9.72. The summed E-state index contributed by atoms with van der Waals surface area (Å²) in [6.07, 6.45) is 5.52. The van der Waals surface area contributed by atoms with Gasteiger partial charge in [0.1, 0.15) is 17.0 Å². The van der Waals surface area contributed by atoms with Crippen molar-refractivity contribution < 1.29 is 14.3 Å². The Labute approximate surface area is 186 Å². The molecule has 0 saturated heterocycles. The normalized spacial score (nSPS) is 19.0.